The number of carboxylic acid groups (broad SMARTS) is 1. The number of hydrogen-bond donors (Lipinski definition) is 2. The summed E-state index contributed by atoms with van der Waals surface area (Å²) in [7, 11) is 1.17. The van der Waals surface area contributed by atoms with E-state index in [4.69, 9.17) is 9.26 Å². The van der Waals surface area contributed by atoms with Crippen LogP contribution in [0.4, 0.5) is 5.69 Å². The van der Waals surface area contributed by atoms with Crippen LogP contribution in [-0.4, -0.2) is 38.4 Å². The predicted molar refractivity (Wildman–Crippen MR) is 66.3 cm³/mol. The van der Waals surface area contributed by atoms with Gasteiger partial charge in [-0.15, -0.1) is 0 Å². The molecule has 0 aliphatic rings. The Morgan fingerprint density at radius 3 is 2.62 bits per heavy atom. The number of aromatic carboxylic acids is 1. The molecule has 10 nitrogen and oxygen atoms in total. The van der Waals surface area contributed by atoms with E-state index in [1.165, 1.54) is 14.0 Å². The van der Waals surface area contributed by atoms with Gasteiger partial charge in [0.25, 0.3) is 0 Å². The number of phenolic OH excluding ortho intramolecular Hbond substituents is 1. The number of methoxy groups -OCH3 is 1. The molecule has 0 atom stereocenters. The average Bonchev–Trinajstić information content (AvgIpc) is 2.83. The van der Waals surface area contributed by atoms with Gasteiger partial charge in [-0.25, -0.2) is 4.79 Å². The smallest absolute Gasteiger partial charge is 0.343 e. The van der Waals surface area contributed by atoms with Crippen molar-refractivity contribution in [2.45, 2.75) is 6.92 Å². The number of phenols is 1. The van der Waals surface area contributed by atoms with Crippen LogP contribution < -0.4 is 4.74 Å². The second-order valence-corrected chi connectivity index (χ2v) is 3.90. The maximum Gasteiger partial charge on any atom is 0.343 e. The quantitative estimate of drug-likeness (QED) is 0.629. The summed E-state index contributed by atoms with van der Waals surface area (Å²) in [5.41, 5.74) is -1.95. The number of nitro groups is 1. The van der Waals surface area contributed by atoms with Crippen molar-refractivity contribution in [3.05, 3.63) is 27.6 Å². The second kappa shape index (κ2) is 5.07. The van der Waals surface area contributed by atoms with Crippen molar-refractivity contribution < 1.29 is 29.2 Å². The Kier molecular flexibility index (Phi) is 3.44. The lowest BCUT2D eigenvalue weighted by Gasteiger charge is -2.09. The number of hydrogen-bond acceptors (Lipinski definition) is 8. The number of carbonyl (C=O) groups is 1. The van der Waals surface area contributed by atoms with Gasteiger partial charge in [-0.1, -0.05) is 5.16 Å². The van der Waals surface area contributed by atoms with E-state index in [0.717, 1.165) is 6.07 Å². The Hall–Kier alpha value is -3.17. The number of ether oxygens (including phenoxy) is 1. The predicted octanol–water partition coefficient (Wildman–Crippen LogP) is 1.37. The van der Waals surface area contributed by atoms with Gasteiger partial charge in [0.15, 0.2) is 11.3 Å². The Bertz CT molecular complexity index is 738. The molecule has 0 fully saturated rings. The molecule has 2 N–H and O–H groups in total. The Balaban J connectivity index is 2.89. The van der Waals surface area contributed by atoms with E-state index in [1.807, 2.05) is 0 Å². The highest BCUT2D eigenvalue weighted by Gasteiger charge is 2.33. The van der Waals surface area contributed by atoms with Crippen LogP contribution in [-0.2, 0) is 0 Å². The molecule has 1 aromatic carbocycles. The molecule has 10 heteroatoms. The van der Waals surface area contributed by atoms with Gasteiger partial charge in [0.2, 0.25) is 17.5 Å². The van der Waals surface area contributed by atoms with Crippen molar-refractivity contribution in [2.75, 3.05) is 7.11 Å². The first-order chi connectivity index (χ1) is 9.86. The zero-order valence-electron chi connectivity index (χ0n) is 10.9. The molecule has 1 aromatic heterocycles. The Morgan fingerprint density at radius 2 is 2.19 bits per heavy atom. The molecule has 0 aliphatic heterocycles. The number of benzene rings is 1. The standard InChI is InChI=1S/C11H9N3O7/c1-4-12-10(13-21-4)5-3-6(20-2)9(15)8(14(18)19)7(5)11(16)17/h3,15H,1-2H3,(H,16,17). The van der Waals surface area contributed by atoms with Crippen LogP contribution in [0.2, 0.25) is 0 Å². The van der Waals surface area contributed by atoms with E-state index in [2.05, 4.69) is 10.1 Å². The average molecular weight is 295 g/mol. The number of aromatic hydroxyl groups is 1. The fourth-order valence-corrected chi connectivity index (χ4v) is 1.77. The lowest BCUT2D eigenvalue weighted by molar-refractivity contribution is -0.386. The van der Waals surface area contributed by atoms with Gasteiger partial charge in [0.1, 0.15) is 0 Å². The zero-order valence-corrected chi connectivity index (χ0v) is 10.9. The van der Waals surface area contributed by atoms with Crippen LogP contribution in [0.15, 0.2) is 10.6 Å². The highest BCUT2D eigenvalue weighted by molar-refractivity contribution is 6.01. The van der Waals surface area contributed by atoms with E-state index >= 15 is 0 Å². The van der Waals surface area contributed by atoms with Crippen LogP contribution in [0.5, 0.6) is 11.5 Å². The lowest BCUT2D eigenvalue weighted by atomic mass is 10.0. The first kappa shape index (κ1) is 14.2. The summed E-state index contributed by atoms with van der Waals surface area (Å²) in [4.78, 5) is 25.2. The summed E-state index contributed by atoms with van der Waals surface area (Å²) in [6.45, 7) is 1.48. The number of aromatic nitrogens is 2. The maximum absolute atomic E-state index is 11.3. The van der Waals surface area contributed by atoms with Crippen molar-refractivity contribution >= 4 is 11.7 Å². The summed E-state index contributed by atoms with van der Waals surface area (Å²) in [6, 6.07) is 1.09. The van der Waals surface area contributed by atoms with E-state index in [1.54, 1.807) is 0 Å². The van der Waals surface area contributed by atoms with Crippen molar-refractivity contribution in [1.29, 1.82) is 0 Å². The molecule has 0 spiro atoms. The Labute approximate surface area is 116 Å². The molecule has 0 saturated heterocycles. The summed E-state index contributed by atoms with van der Waals surface area (Å²) in [5.74, 6) is -2.78. The molecule has 2 aromatic rings. The Morgan fingerprint density at radius 1 is 1.52 bits per heavy atom. The molecule has 110 valence electrons. The summed E-state index contributed by atoms with van der Waals surface area (Å²) in [5, 5.41) is 33.6. The van der Waals surface area contributed by atoms with Crippen LogP contribution in [0.1, 0.15) is 16.2 Å². The van der Waals surface area contributed by atoms with Gasteiger partial charge in [-0.2, -0.15) is 4.98 Å². The summed E-state index contributed by atoms with van der Waals surface area (Å²) in [6.07, 6.45) is 0. The minimum atomic E-state index is -1.61. The highest BCUT2D eigenvalue weighted by atomic mass is 16.6. The summed E-state index contributed by atoms with van der Waals surface area (Å²) >= 11 is 0. The zero-order chi connectivity index (χ0) is 15.7. The molecule has 0 amide bonds. The number of nitrogens with zero attached hydrogens (tertiary/aromatic N) is 3. The van der Waals surface area contributed by atoms with Crippen molar-refractivity contribution in [3.8, 4) is 22.9 Å². The molecule has 21 heavy (non-hydrogen) atoms. The lowest BCUT2D eigenvalue weighted by Crippen LogP contribution is -2.07. The first-order valence-corrected chi connectivity index (χ1v) is 5.49. The van der Waals surface area contributed by atoms with Gasteiger partial charge in [-0.05, 0) is 6.07 Å². The fourth-order valence-electron chi connectivity index (χ4n) is 1.77. The third kappa shape index (κ3) is 2.33. The number of nitro benzene ring substituents is 1. The van der Waals surface area contributed by atoms with Crippen molar-refractivity contribution in [2.24, 2.45) is 0 Å². The second-order valence-electron chi connectivity index (χ2n) is 3.90. The minimum Gasteiger partial charge on any atom is -0.499 e. The van der Waals surface area contributed by atoms with Crippen LogP contribution in [0, 0.1) is 17.0 Å². The SMILES string of the molecule is COc1cc(-c2noc(C)n2)c(C(=O)O)c([N+](=O)[O-])c1O. The molecule has 0 saturated carbocycles. The van der Waals surface area contributed by atoms with E-state index < -0.39 is 27.9 Å². The van der Waals surface area contributed by atoms with Crippen LogP contribution in [0.25, 0.3) is 11.4 Å². The monoisotopic (exact) mass is 295 g/mol. The van der Waals surface area contributed by atoms with Crippen molar-refractivity contribution in [1.82, 2.24) is 10.1 Å². The topological polar surface area (TPSA) is 149 Å². The molecule has 0 aliphatic carbocycles. The molecule has 2 rings (SSSR count). The normalized spacial score (nSPS) is 10.4. The first-order valence-electron chi connectivity index (χ1n) is 5.49. The van der Waals surface area contributed by atoms with E-state index in [-0.39, 0.29) is 23.0 Å². The molecular formula is C11H9N3O7. The van der Waals surface area contributed by atoms with Crippen molar-refractivity contribution in [3.63, 3.8) is 0 Å². The molecule has 0 unspecified atom stereocenters. The number of carboxylic acids is 1. The van der Waals surface area contributed by atoms with Gasteiger partial charge in [0, 0.05) is 12.5 Å². The molecule has 0 radical (unpaired) electrons. The molecule has 1 heterocycles. The highest BCUT2D eigenvalue weighted by Crippen LogP contribution is 2.43. The minimum absolute atomic E-state index is 0.149. The maximum atomic E-state index is 11.3. The van der Waals surface area contributed by atoms with Crippen LogP contribution in [0.3, 0.4) is 0 Å². The third-order valence-corrected chi connectivity index (χ3v) is 2.62. The molecule has 0 bridgehead atoms. The van der Waals surface area contributed by atoms with E-state index in [0.29, 0.717) is 0 Å². The van der Waals surface area contributed by atoms with Gasteiger partial charge >= 0.3 is 11.7 Å². The van der Waals surface area contributed by atoms with Crippen LogP contribution >= 0.6 is 0 Å². The number of aryl methyl sites for hydroxylation is 1. The van der Waals surface area contributed by atoms with Gasteiger partial charge < -0.3 is 19.5 Å². The summed E-state index contributed by atoms with van der Waals surface area (Å²) < 4.78 is 9.54. The molecular weight excluding hydrogens is 286 g/mol. The fraction of sp³-hybridized carbons (Fsp3) is 0.182. The van der Waals surface area contributed by atoms with E-state index in [9.17, 15) is 25.1 Å². The number of rotatable bonds is 4. The third-order valence-electron chi connectivity index (χ3n) is 2.62. The van der Waals surface area contributed by atoms with Gasteiger partial charge in [-0.3, -0.25) is 10.1 Å². The largest absolute Gasteiger partial charge is 0.499 e. The van der Waals surface area contributed by atoms with Gasteiger partial charge in [0.05, 0.1) is 12.0 Å².